The summed E-state index contributed by atoms with van der Waals surface area (Å²) in [7, 11) is 3.31. The van der Waals surface area contributed by atoms with E-state index < -0.39 is 8.60 Å². The van der Waals surface area contributed by atoms with Crippen LogP contribution in [0.1, 0.15) is 0 Å². The van der Waals surface area contributed by atoms with Crippen molar-refractivity contribution < 1.29 is 66.9 Å². The zero-order valence-electron chi connectivity index (χ0n) is 10.4. The summed E-state index contributed by atoms with van der Waals surface area (Å²) in [6.45, 7) is 9.75. The minimum atomic E-state index is -1.36. The Morgan fingerprint density at radius 2 is 0.824 bits per heavy atom. The Hall–Kier alpha value is 0.567. The molecule has 6 nitrogen and oxygen atoms in total. The van der Waals surface area contributed by atoms with Crippen LogP contribution in [-0.4, -0.2) is 41.7 Å². The van der Waals surface area contributed by atoms with Crippen molar-refractivity contribution in [3.05, 3.63) is 14.9 Å². The second-order valence-electron chi connectivity index (χ2n) is 0.862. The maximum Gasteiger partial charge on any atom is 3.00 e. The molecule has 0 atom stereocenters. The van der Waals surface area contributed by atoms with E-state index in [1.807, 2.05) is 0 Å². The molecular weight excluding hydrogens is 425 g/mol. The van der Waals surface area contributed by atoms with Crippen LogP contribution in [-0.2, 0) is 66.9 Å². The topological polar surface area (TPSA) is 78.9 Å². The molecule has 9 heteroatoms. The van der Waals surface area contributed by atoms with Gasteiger partial charge < -0.3 is 29.2 Å². The third-order valence-electron chi connectivity index (χ3n) is 0.500. The quantitative estimate of drug-likeness (QED) is 0.279. The molecule has 0 aliphatic rings. The normalized spacial score (nSPS) is 4.94. The van der Waals surface area contributed by atoms with E-state index in [4.69, 9.17) is 28.0 Å². The Morgan fingerprint density at radius 3 is 0.824 bits per heavy atom. The molecule has 0 rings (SSSR count). The molecule has 17 heavy (non-hydrogen) atoms. The fourth-order valence-corrected chi connectivity index (χ4v) is 0.750. The van der Waals surface area contributed by atoms with Crippen LogP contribution in [0.15, 0.2) is 0 Å². The summed E-state index contributed by atoms with van der Waals surface area (Å²) in [5.74, 6) is 0. The van der Waals surface area contributed by atoms with Crippen molar-refractivity contribution in [1.29, 1.82) is 0 Å². The van der Waals surface area contributed by atoms with Crippen LogP contribution in [0.25, 0.3) is 0 Å². The zero-order chi connectivity index (χ0) is 11.7. The third-order valence-corrected chi connectivity index (χ3v) is 1.50. The zero-order valence-corrected chi connectivity index (χ0v) is 14.9. The summed E-state index contributed by atoms with van der Waals surface area (Å²) < 4.78 is 14.1. The maximum absolute atomic E-state index is 7.75. The van der Waals surface area contributed by atoms with Gasteiger partial charge in [0, 0.05) is 0 Å². The van der Waals surface area contributed by atoms with Crippen LogP contribution in [0.3, 0.4) is 0 Å². The largest absolute Gasteiger partial charge is 3.00 e. The molecule has 0 aromatic rings. The van der Waals surface area contributed by atoms with Gasteiger partial charge in [-0.15, -0.1) is 0 Å². The fraction of sp³-hybridized carbons (Fsp3) is 0.375. The summed E-state index contributed by atoms with van der Waals surface area (Å²) in [6, 6.07) is 0. The minimum absolute atomic E-state index is 0. The molecule has 0 aliphatic carbocycles. The van der Waals surface area contributed by atoms with Gasteiger partial charge in [-0.05, 0) is 0 Å². The molecule has 0 fully saturated rings. The predicted octanol–water partition coefficient (Wildman–Crippen LogP) is 0.958. The molecule has 0 aliphatic heterocycles. The van der Waals surface area contributed by atoms with E-state index in [1.54, 1.807) is 21.3 Å². The van der Waals surface area contributed by atoms with Gasteiger partial charge in [-0.3, -0.25) is 20.4 Å². The van der Waals surface area contributed by atoms with Crippen molar-refractivity contribution in [3.8, 4) is 0 Å². The van der Waals surface area contributed by atoms with E-state index >= 15 is 0 Å². The first-order chi connectivity index (χ1) is 6.35. The molecule has 0 saturated heterocycles. The minimum Gasteiger partial charge on any atom is -0.545 e. The Morgan fingerprint density at radius 1 is 0.706 bits per heavy atom. The number of hydrogen-bond acceptors (Lipinski definition) is 6. The van der Waals surface area contributed by atoms with Crippen molar-refractivity contribution >= 4 is 29.0 Å². The van der Waals surface area contributed by atoms with Crippen molar-refractivity contribution in [2.24, 2.45) is 0 Å². The van der Waals surface area contributed by atoms with E-state index in [1.165, 1.54) is 0 Å². The molecular formula is C8H19O6PRu2+. The van der Waals surface area contributed by atoms with Gasteiger partial charge in [0.15, 0.2) is 0 Å². The molecule has 0 amide bonds. The average molecular weight is 444 g/mol. The van der Waals surface area contributed by atoms with Gasteiger partial charge in [0.1, 0.15) is 0 Å². The van der Waals surface area contributed by atoms with Crippen LogP contribution in [0.4, 0.5) is 0 Å². The van der Waals surface area contributed by atoms with Crippen LogP contribution >= 0.6 is 8.60 Å². The van der Waals surface area contributed by atoms with Crippen molar-refractivity contribution in [1.82, 2.24) is 0 Å². The fourth-order valence-electron chi connectivity index (χ4n) is 0.250. The summed E-state index contributed by atoms with van der Waals surface area (Å²) >= 11 is 0. The molecule has 0 aromatic heterocycles. The van der Waals surface area contributed by atoms with Gasteiger partial charge in [0.05, 0.1) is 21.3 Å². The first kappa shape index (κ1) is 52.7. The van der Waals surface area contributed by atoms with Gasteiger partial charge >= 0.3 is 47.6 Å². The van der Waals surface area contributed by atoms with Gasteiger partial charge in [-0.1, -0.05) is 0 Å². The molecule has 0 N–H and O–H groups in total. The van der Waals surface area contributed by atoms with Crippen LogP contribution in [0.5, 0.6) is 0 Å². The SMILES string of the molecule is CO[PH+](OC)OC.[CH-]=O.[CH-]=O.[CH-]=O.[CH3-].[CH3-].[Ru+2].[Ru+3]. The number of rotatable bonds is 3. The van der Waals surface area contributed by atoms with E-state index in [9.17, 15) is 0 Å². The molecule has 0 unspecified atom stereocenters. The molecule has 0 heterocycles. The molecule has 0 spiro atoms. The van der Waals surface area contributed by atoms with E-state index in [2.05, 4.69) is 20.4 Å². The molecule has 0 saturated carbocycles. The monoisotopic (exact) mass is 446 g/mol. The second-order valence-corrected chi connectivity index (χ2v) is 2.59. The van der Waals surface area contributed by atoms with Crippen LogP contribution < -0.4 is 0 Å². The second kappa shape index (κ2) is 93.1. The van der Waals surface area contributed by atoms with E-state index in [0.717, 1.165) is 0 Å². The summed E-state index contributed by atoms with van der Waals surface area (Å²) in [4.78, 5) is 23.2. The van der Waals surface area contributed by atoms with Crippen LogP contribution in [0.2, 0.25) is 0 Å². The molecule has 107 valence electrons. The maximum atomic E-state index is 7.75. The molecule has 1 radical (unpaired) electrons. The predicted molar refractivity (Wildman–Crippen MR) is 62.4 cm³/mol. The number of carbonyl (C=O) groups excluding carboxylic acids is 3. The first-order valence-electron chi connectivity index (χ1n) is 2.54. The summed E-state index contributed by atoms with van der Waals surface area (Å²) in [5, 5.41) is 0. The van der Waals surface area contributed by atoms with Crippen molar-refractivity contribution in [3.63, 3.8) is 0 Å². The van der Waals surface area contributed by atoms with Crippen LogP contribution in [0, 0.1) is 14.9 Å². The van der Waals surface area contributed by atoms with Gasteiger partial charge in [-0.2, -0.15) is 13.6 Å². The van der Waals surface area contributed by atoms with Crippen molar-refractivity contribution in [2.45, 2.75) is 0 Å². The van der Waals surface area contributed by atoms with Gasteiger partial charge in [-0.25, -0.2) is 0 Å². The summed E-state index contributed by atoms with van der Waals surface area (Å²) in [5.41, 5.74) is 0. The third kappa shape index (κ3) is 81.5. The van der Waals surface area contributed by atoms with E-state index in [0.29, 0.717) is 0 Å². The average Bonchev–Trinajstić information content (AvgIpc) is 2.29. The first-order valence-corrected chi connectivity index (χ1v) is 3.77. The van der Waals surface area contributed by atoms with E-state index in [-0.39, 0.29) is 53.8 Å². The van der Waals surface area contributed by atoms with Crippen molar-refractivity contribution in [2.75, 3.05) is 21.3 Å². The number of hydrogen-bond donors (Lipinski definition) is 0. The Labute approximate surface area is 132 Å². The van der Waals surface area contributed by atoms with Gasteiger partial charge in [0.25, 0.3) is 0 Å². The standard InChI is InChI=1S/C3H10O3P.3CHO.2CH3.2Ru/c1-4-7(5-2)6-3;3*1-2;;;;/h7H,1-3H3;3*1H;2*1H3;;/q+1;5*-1;+2;+3. The Bertz CT molecular complexity index is 70.8. The molecule has 0 bridgehead atoms. The van der Waals surface area contributed by atoms with Gasteiger partial charge in [0.2, 0.25) is 0 Å². The Balaban J connectivity index is -0.0000000120. The summed E-state index contributed by atoms with van der Waals surface area (Å²) in [6.07, 6.45) is 0. The molecule has 0 aromatic carbocycles. The smallest absolute Gasteiger partial charge is 0.545 e. The Kier molecular flexibility index (Phi) is 288.